The number of nitrogens with zero attached hydrogens (tertiary/aromatic N) is 1. The van der Waals surface area contributed by atoms with E-state index in [0.717, 1.165) is 5.69 Å². The van der Waals surface area contributed by atoms with Crippen LogP contribution in [0.4, 0.5) is 11.5 Å². The Hall–Kier alpha value is -1.58. The lowest BCUT2D eigenvalue weighted by molar-refractivity contribution is -0.118. The Morgan fingerprint density at radius 2 is 1.90 bits per heavy atom. The maximum absolute atomic E-state index is 11.6. The summed E-state index contributed by atoms with van der Waals surface area (Å²) in [6.45, 7) is 3.74. The first-order valence-electron chi connectivity index (χ1n) is 7.68. The van der Waals surface area contributed by atoms with E-state index < -0.39 is 0 Å². The highest BCUT2D eigenvalue weighted by Gasteiger charge is 2.12. The van der Waals surface area contributed by atoms with Gasteiger partial charge in [0.1, 0.15) is 5.82 Å². The largest absolute Gasteiger partial charge is 0.381 e. The van der Waals surface area contributed by atoms with Crippen LogP contribution in [0.2, 0.25) is 0 Å². The molecule has 0 unspecified atom stereocenters. The summed E-state index contributed by atoms with van der Waals surface area (Å²) in [5, 5.41) is 6.35. The van der Waals surface area contributed by atoms with E-state index in [0.29, 0.717) is 11.9 Å². The van der Waals surface area contributed by atoms with Gasteiger partial charge in [0.15, 0.2) is 0 Å². The van der Waals surface area contributed by atoms with Crippen LogP contribution in [-0.4, -0.2) is 16.9 Å². The van der Waals surface area contributed by atoms with Gasteiger partial charge in [0.2, 0.25) is 5.91 Å². The van der Waals surface area contributed by atoms with Crippen LogP contribution in [0.15, 0.2) is 18.3 Å². The molecule has 0 aromatic carbocycles. The maximum Gasteiger partial charge on any atom is 0.228 e. The maximum atomic E-state index is 11.6. The second-order valence-corrected chi connectivity index (χ2v) is 5.91. The Labute approximate surface area is 121 Å². The average Bonchev–Trinajstić information content (AvgIpc) is 2.69. The Kier molecular flexibility index (Phi) is 5.39. The van der Waals surface area contributed by atoms with E-state index in [9.17, 15) is 4.79 Å². The Balaban J connectivity index is 1.89. The van der Waals surface area contributed by atoms with Gasteiger partial charge in [-0.1, -0.05) is 39.5 Å². The number of amides is 1. The first kappa shape index (κ1) is 14.8. The summed E-state index contributed by atoms with van der Waals surface area (Å²) in [7, 11) is 0. The van der Waals surface area contributed by atoms with E-state index >= 15 is 0 Å². The van der Waals surface area contributed by atoms with Gasteiger partial charge in [-0.25, -0.2) is 4.98 Å². The summed E-state index contributed by atoms with van der Waals surface area (Å²) >= 11 is 0. The topological polar surface area (TPSA) is 54.0 Å². The molecular formula is C16H25N3O. The van der Waals surface area contributed by atoms with E-state index in [-0.39, 0.29) is 11.8 Å². The van der Waals surface area contributed by atoms with Crippen LogP contribution in [0.1, 0.15) is 52.4 Å². The molecule has 0 saturated heterocycles. The fraction of sp³-hybridized carbons (Fsp3) is 0.625. The number of anilines is 2. The molecule has 0 spiro atoms. The quantitative estimate of drug-likeness (QED) is 0.821. The van der Waals surface area contributed by atoms with Gasteiger partial charge in [0.25, 0.3) is 0 Å². The second kappa shape index (κ2) is 7.27. The van der Waals surface area contributed by atoms with E-state index in [4.69, 9.17) is 0 Å². The average molecular weight is 275 g/mol. The highest BCUT2D eigenvalue weighted by molar-refractivity contribution is 5.91. The molecule has 0 radical (unpaired) electrons. The van der Waals surface area contributed by atoms with Crippen molar-refractivity contribution in [1.82, 2.24) is 4.98 Å². The molecule has 0 aliphatic heterocycles. The smallest absolute Gasteiger partial charge is 0.228 e. The molecule has 0 bridgehead atoms. The number of pyridine rings is 1. The number of carbonyl (C=O) groups excluding carboxylic acids is 1. The molecule has 2 rings (SSSR count). The van der Waals surface area contributed by atoms with Crippen LogP contribution in [0, 0.1) is 5.92 Å². The molecule has 110 valence electrons. The Morgan fingerprint density at radius 1 is 1.20 bits per heavy atom. The van der Waals surface area contributed by atoms with Crippen molar-refractivity contribution in [2.45, 2.75) is 58.4 Å². The number of hydrogen-bond acceptors (Lipinski definition) is 3. The first-order chi connectivity index (χ1) is 9.65. The van der Waals surface area contributed by atoms with E-state index in [1.54, 1.807) is 6.20 Å². The van der Waals surface area contributed by atoms with Crippen LogP contribution < -0.4 is 10.6 Å². The lowest BCUT2D eigenvalue weighted by Gasteiger charge is -2.17. The number of carbonyl (C=O) groups is 1. The molecule has 0 atom stereocenters. The van der Waals surface area contributed by atoms with E-state index in [1.165, 1.54) is 38.5 Å². The highest BCUT2D eigenvalue weighted by Crippen LogP contribution is 2.21. The van der Waals surface area contributed by atoms with Crippen molar-refractivity contribution in [2.24, 2.45) is 5.92 Å². The van der Waals surface area contributed by atoms with Crippen molar-refractivity contribution in [3.8, 4) is 0 Å². The van der Waals surface area contributed by atoms with Crippen molar-refractivity contribution in [2.75, 3.05) is 10.6 Å². The minimum atomic E-state index is -0.0272. The number of hydrogen-bond donors (Lipinski definition) is 2. The predicted octanol–water partition coefficient (Wildman–Crippen LogP) is 3.81. The molecule has 1 aromatic heterocycles. The summed E-state index contributed by atoms with van der Waals surface area (Å²) in [4.78, 5) is 15.9. The van der Waals surface area contributed by atoms with Gasteiger partial charge in [-0.05, 0) is 25.0 Å². The summed E-state index contributed by atoms with van der Waals surface area (Å²) in [6.07, 6.45) is 9.63. The standard InChI is InChI=1S/C16H25N3O/c1-12(2)16(20)19-15-10-9-14(11-17-15)18-13-7-5-3-4-6-8-13/h9-13,18H,3-8H2,1-2H3,(H,17,19,20). The predicted molar refractivity (Wildman–Crippen MR) is 82.8 cm³/mol. The molecule has 1 heterocycles. The van der Waals surface area contributed by atoms with Crippen LogP contribution in [0.5, 0.6) is 0 Å². The zero-order valence-corrected chi connectivity index (χ0v) is 12.5. The fourth-order valence-corrected chi connectivity index (χ4v) is 2.48. The van der Waals surface area contributed by atoms with Crippen molar-refractivity contribution >= 4 is 17.4 Å². The molecule has 1 aliphatic rings. The molecule has 20 heavy (non-hydrogen) atoms. The zero-order valence-electron chi connectivity index (χ0n) is 12.5. The van der Waals surface area contributed by atoms with E-state index in [1.807, 2.05) is 26.0 Å². The Morgan fingerprint density at radius 3 is 2.45 bits per heavy atom. The first-order valence-corrected chi connectivity index (χ1v) is 7.68. The normalized spacial score (nSPS) is 16.8. The Bertz CT molecular complexity index is 420. The van der Waals surface area contributed by atoms with Crippen molar-refractivity contribution in [1.29, 1.82) is 0 Å². The minimum absolute atomic E-state index is 0.00183. The third-order valence-electron chi connectivity index (χ3n) is 3.77. The van der Waals surface area contributed by atoms with Gasteiger partial charge in [-0.15, -0.1) is 0 Å². The SMILES string of the molecule is CC(C)C(=O)Nc1ccc(NC2CCCCCC2)cn1. The summed E-state index contributed by atoms with van der Waals surface area (Å²) in [5.41, 5.74) is 1.04. The van der Waals surface area contributed by atoms with Gasteiger partial charge in [0, 0.05) is 12.0 Å². The van der Waals surface area contributed by atoms with Gasteiger partial charge in [0.05, 0.1) is 11.9 Å². The van der Waals surface area contributed by atoms with Crippen molar-refractivity contribution in [3.05, 3.63) is 18.3 Å². The van der Waals surface area contributed by atoms with Gasteiger partial charge in [-0.2, -0.15) is 0 Å². The molecule has 4 heteroatoms. The van der Waals surface area contributed by atoms with Crippen LogP contribution in [-0.2, 0) is 4.79 Å². The molecule has 1 saturated carbocycles. The number of rotatable bonds is 4. The fourth-order valence-electron chi connectivity index (χ4n) is 2.48. The summed E-state index contributed by atoms with van der Waals surface area (Å²) < 4.78 is 0. The summed E-state index contributed by atoms with van der Waals surface area (Å²) in [6, 6.07) is 4.42. The van der Waals surface area contributed by atoms with Gasteiger partial charge in [-0.3, -0.25) is 4.79 Å². The highest BCUT2D eigenvalue weighted by atomic mass is 16.1. The molecule has 1 fully saturated rings. The second-order valence-electron chi connectivity index (χ2n) is 5.91. The van der Waals surface area contributed by atoms with Gasteiger partial charge < -0.3 is 10.6 Å². The molecule has 2 N–H and O–H groups in total. The molecule has 1 aliphatic carbocycles. The number of aromatic nitrogens is 1. The van der Waals surface area contributed by atoms with Crippen molar-refractivity contribution < 1.29 is 4.79 Å². The molecular weight excluding hydrogens is 250 g/mol. The molecule has 1 amide bonds. The van der Waals surface area contributed by atoms with Crippen LogP contribution >= 0.6 is 0 Å². The van der Waals surface area contributed by atoms with E-state index in [2.05, 4.69) is 15.6 Å². The van der Waals surface area contributed by atoms with Crippen LogP contribution in [0.3, 0.4) is 0 Å². The minimum Gasteiger partial charge on any atom is -0.381 e. The number of nitrogens with one attached hydrogen (secondary N) is 2. The van der Waals surface area contributed by atoms with Crippen molar-refractivity contribution in [3.63, 3.8) is 0 Å². The summed E-state index contributed by atoms with van der Waals surface area (Å²) in [5.74, 6) is 0.595. The zero-order chi connectivity index (χ0) is 14.4. The third-order valence-corrected chi connectivity index (χ3v) is 3.77. The lowest BCUT2D eigenvalue weighted by Crippen LogP contribution is -2.19. The monoisotopic (exact) mass is 275 g/mol. The molecule has 4 nitrogen and oxygen atoms in total. The molecule has 1 aromatic rings. The third kappa shape index (κ3) is 4.51. The lowest BCUT2D eigenvalue weighted by atomic mass is 10.1. The van der Waals surface area contributed by atoms with Crippen LogP contribution in [0.25, 0.3) is 0 Å². The van der Waals surface area contributed by atoms with Gasteiger partial charge >= 0.3 is 0 Å².